The first kappa shape index (κ1) is 24.5. The number of nitrogens with one attached hydrogen (secondary N) is 2. The van der Waals surface area contributed by atoms with Gasteiger partial charge in [-0.15, -0.1) is 8.78 Å². The Labute approximate surface area is 215 Å². The largest absolute Gasteiger partial charge is 0.586 e. The van der Waals surface area contributed by atoms with E-state index in [-0.39, 0.29) is 29.2 Å². The van der Waals surface area contributed by atoms with Crippen molar-refractivity contribution in [2.45, 2.75) is 18.3 Å². The van der Waals surface area contributed by atoms with Gasteiger partial charge in [0.2, 0.25) is 0 Å². The number of carbonyl (C=O) groups excluding carboxylic acids is 1. The number of hydrogen-bond donors (Lipinski definition) is 2. The molecule has 1 aliphatic heterocycles. The molecule has 0 spiro atoms. The average Bonchev–Trinajstić information content (AvgIpc) is 3.18. The number of pyridine rings is 1. The molecule has 2 amide bonds. The zero-order valence-corrected chi connectivity index (χ0v) is 19.8. The molecule has 2 heterocycles. The van der Waals surface area contributed by atoms with Crippen LogP contribution in [0.2, 0.25) is 5.02 Å². The Kier molecular flexibility index (Phi) is 6.39. The van der Waals surface area contributed by atoms with Gasteiger partial charge >= 0.3 is 12.3 Å². The van der Waals surface area contributed by atoms with E-state index in [0.29, 0.717) is 10.7 Å². The minimum Gasteiger partial charge on any atom is -0.395 e. The highest BCUT2D eigenvalue weighted by Gasteiger charge is 2.49. The van der Waals surface area contributed by atoms with Crippen molar-refractivity contribution in [3.63, 3.8) is 0 Å². The molecular weight excluding hydrogens is 507 g/mol. The van der Waals surface area contributed by atoms with E-state index in [4.69, 9.17) is 16.3 Å². The van der Waals surface area contributed by atoms with Gasteiger partial charge in [0.15, 0.2) is 11.5 Å². The monoisotopic (exact) mass is 525 g/mol. The Hall–Kier alpha value is -4.24. The van der Waals surface area contributed by atoms with E-state index in [1.807, 2.05) is 30.3 Å². The number of hydrogen-bond acceptors (Lipinski definition) is 4. The molecule has 6 nitrogen and oxygen atoms in total. The second-order valence-electron chi connectivity index (χ2n) is 8.32. The smallest absolute Gasteiger partial charge is 0.395 e. The van der Waals surface area contributed by atoms with Gasteiger partial charge in [0.25, 0.3) is 0 Å². The highest BCUT2D eigenvalue weighted by atomic mass is 35.5. The molecule has 10 heteroatoms. The van der Waals surface area contributed by atoms with Crippen LogP contribution >= 0.6 is 11.6 Å². The van der Waals surface area contributed by atoms with E-state index in [9.17, 15) is 18.0 Å². The summed E-state index contributed by atoms with van der Waals surface area (Å²) in [5, 5.41) is 5.83. The second-order valence-corrected chi connectivity index (χ2v) is 8.76. The van der Waals surface area contributed by atoms with Crippen LogP contribution in [0.15, 0.2) is 91.1 Å². The van der Waals surface area contributed by atoms with Gasteiger partial charge in [-0.3, -0.25) is 4.98 Å². The summed E-state index contributed by atoms with van der Waals surface area (Å²) in [4.78, 5) is 17.8. The predicted molar refractivity (Wildman–Crippen MR) is 131 cm³/mol. The minimum absolute atomic E-state index is 0.0877. The molecule has 1 atom stereocenters. The number of ether oxygens (including phenoxy) is 2. The van der Waals surface area contributed by atoms with Crippen molar-refractivity contribution >= 4 is 23.3 Å². The van der Waals surface area contributed by atoms with Gasteiger partial charge in [0.1, 0.15) is 11.4 Å². The summed E-state index contributed by atoms with van der Waals surface area (Å²) in [6.07, 6.45) is -2.42. The Balaban J connectivity index is 1.67. The third-order valence-electron chi connectivity index (χ3n) is 5.77. The molecule has 0 fully saturated rings. The first-order valence-corrected chi connectivity index (χ1v) is 11.5. The lowest BCUT2D eigenvalue weighted by atomic mass is 9.80. The summed E-state index contributed by atoms with van der Waals surface area (Å²) in [5.74, 6) is -0.978. The molecule has 0 bridgehead atoms. The molecule has 0 saturated carbocycles. The lowest BCUT2D eigenvalue weighted by Crippen LogP contribution is -2.50. The van der Waals surface area contributed by atoms with Crippen LogP contribution in [0.25, 0.3) is 0 Å². The summed E-state index contributed by atoms with van der Waals surface area (Å²) in [6.45, 7) is 0. The Morgan fingerprint density at radius 3 is 2.49 bits per heavy atom. The lowest BCUT2D eigenvalue weighted by molar-refractivity contribution is -0.287. The molecule has 0 aliphatic carbocycles. The van der Waals surface area contributed by atoms with Crippen molar-refractivity contribution in [1.82, 2.24) is 10.3 Å². The summed E-state index contributed by atoms with van der Waals surface area (Å²) in [7, 11) is 0. The second kappa shape index (κ2) is 9.67. The third-order valence-corrected chi connectivity index (χ3v) is 6.00. The van der Waals surface area contributed by atoms with Crippen LogP contribution < -0.4 is 20.1 Å². The topological polar surface area (TPSA) is 72.5 Å². The van der Waals surface area contributed by atoms with Gasteiger partial charge in [-0.05, 0) is 42.0 Å². The van der Waals surface area contributed by atoms with Crippen LogP contribution in [0.5, 0.6) is 11.5 Å². The maximum absolute atomic E-state index is 14.2. The van der Waals surface area contributed by atoms with Gasteiger partial charge in [-0.25, -0.2) is 9.18 Å². The minimum atomic E-state index is -3.89. The molecular formula is C27H19ClF3N3O3. The number of aromatic nitrogens is 1. The van der Waals surface area contributed by atoms with Crippen molar-refractivity contribution in [1.29, 1.82) is 0 Å². The fourth-order valence-corrected chi connectivity index (χ4v) is 4.37. The van der Waals surface area contributed by atoms with E-state index in [1.165, 1.54) is 36.5 Å². The lowest BCUT2D eigenvalue weighted by Gasteiger charge is -2.36. The maximum Gasteiger partial charge on any atom is 0.586 e. The third kappa shape index (κ3) is 5.17. The number of urea groups is 1. The number of para-hydroxylation sites is 1. The van der Waals surface area contributed by atoms with Crippen LogP contribution in [0.1, 0.15) is 16.8 Å². The number of alkyl halides is 2. The van der Waals surface area contributed by atoms with Crippen molar-refractivity contribution in [3.8, 4) is 11.5 Å². The summed E-state index contributed by atoms with van der Waals surface area (Å²) in [5.41, 5.74) is -0.121. The molecule has 2 N–H and O–H groups in total. The van der Waals surface area contributed by atoms with E-state index < -0.39 is 23.7 Å². The molecule has 5 rings (SSSR count). The zero-order chi connectivity index (χ0) is 26.0. The highest BCUT2D eigenvalue weighted by molar-refractivity contribution is 6.30. The van der Waals surface area contributed by atoms with Crippen LogP contribution in [-0.2, 0) is 12.0 Å². The Morgan fingerprint density at radius 1 is 0.973 bits per heavy atom. The van der Waals surface area contributed by atoms with E-state index in [1.54, 1.807) is 18.2 Å². The molecule has 1 aliphatic rings. The first-order valence-electron chi connectivity index (χ1n) is 11.1. The SMILES string of the molecule is O=C(Nc1cccc(F)c1)N[C@](Cc1ccccc1)(c1ccc(Cl)cn1)c1cccc2c1OC(F)(F)O2. The number of rotatable bonds is 6. The summed E-state index contributed by atoms with van der Waals surface area (Å²) < 4.78 is 51.6. The molecule has 0 unspecified atom stereocenters. The standard InChI is InChI=1S/C27H19ClF3N3O3/c28-18-12-13-23(32-16-18)26(15-17-6-2-1-3-7-17,34-25(35)33-20-9-4-8-19(29)14-20)21-10-5-11-22-24(21)37-27(30,31)36-22/h1-14,16H,15H2,(H2,33,34,35)/t26-/m0/s1. The average molecular weight is 526 g/mol. The van der Waals surface area contributed by atoms with Gasteiger partial charge < -0.3 is 20.1 Å². The van der Waals surface area contributed by atoms with Crippen molar-refractivity contribution in [2.75, 3.05) is 5.32 Å². The van der Waals surface area contributed by atoms with Crippen LogP contribution in [0.3, 0.4) is 0 Å². The Bertz CT molecular complexity index is 1440. The van der Waals surface area contributed by atoms with Gasteiger partial charge in [0.05, 0.1) is 10.7 Å². The van der Waals surface area contributed by atoms with E-state index in [2.05, 4.69) is 20.4 Å². The molecule has 1 aromatic heterocycles. The fourth-order valence-electron chi connectivity index (χ4n) is 4.26. The molecule has 0 saturated heterocycles. The van der Waals surface area contributed by atoms with Gasteiger partial charge in [0, 0.05) is 23.9 Å². The van der Waals surface area contributed by atoms with Crippen molar-refractivity contribution in [3.05, 3.63) is 119 Å². The predicted octanol–water partition coefficient (Wildman–Crippen LogP) is 6.50. The number of carbonyl (C=O) groups is 1. The Morgan fingerprint density at radius 2 is 1.76 bits per heavy atom. The van der Waals surface area contributed by atoms with E-state index in [0.717, 1.165) is 11.6 Å². The van der Waals surface area contributed by atoms with Crippen LogP contribution in [0.4, 0.5) is 23.7 Å². The number of halogens is 4. The summed E-state index contributed by atoms with van der Waals surface area (Å²) >= 11 is 6.09. The van der Waals surface area contributed by atoms with Gasteiger partial charge in [-0.2, -0.15) is 0 Å². The van der Waals surface area contributed by atoms with Crippen molar-refractivity contribution < 1.29 is 27.4 Å². The summed E-state index contributed by atoms with van der Waals surface area (Å²) in [6, 6.07) is 21.3. The molecule has 188 valence electrons. The number of anilines is 1. The first-order chi connectivity index (χ1) is 17.7. The number of amides is 2. The van der Waals surface area contributed by atoms with E-state index >= 15 is 0 Å². The van der Waals surface area contributed by atoms with Crippen molar-refractivity contribution in [2.24, 2.45) is 0 Å². The number of nitrogens with zero attached hydrogens (tertiary/aromatic N) is 1. The fraction of sp³-hybridized carbons (Fsp3) is 0.111. The molecule has 37 heavy (non-hydrogen) atoms. The number of benzene rings is 3. The normalized spacial score (nSPS) is 15.0. The highest BCUT2D eigenvalue weighted by Crippen LogP contribution is 2.48. The molecule has 0 radical (unpaired) electrons. The quantitative estimate of drug-likeness (QED) is 0.301. The van der Waals surface area contributed by atoms with Gasteiger partial charge in [-0.1, -0.05) is 60.1 Å². The number of fused-ring (bicyclic) bond motifs is 1. The molecule has 3 aromatic carbocycles. The van der Waals surface area contributed by atoms with Crippen LogP contribution in [-0.4, -0.2) is 17.3 Å². The maximum atomic E-state index is 14.2. The molecule has 4 aromatic rings. The zero-order valence-electron chi connectivity index (χ0n) is 19.1. The van der Waals surface area contributed by atoms with Crippen LogP contribution in [0, 0.1) is 5.82 Å².